The first-order valence-electron chi connectivity index (χ1n) is 13.1. The van der Waals surface area contributed by atoms with E-state index < -0.39 is 0 Å². The predicted molar refractivity (Wildman–Crippen MR) is 178 cm³/mol. The molecule has 0 aromatic heterocycles. The first-order valence-corrected chi connectivity index (χ1v) is 14.2. The zero-order valence-electron chi connectivity index (χ0n) is 22.7. The minimum absolute atomic E-state index is 0. The van der Waals surface area contributed by atoms with Crippen LogP contribution in [0.25, 0.3) is 27.6 Å². The van der Waals surface area contributed by atoms with Crippen LogP contribution in [-0.4, -0.2) is 7.05 Å². The van der Waals surface area contributed by atoms with Gasteiger partial charge in [-0.3, -0.25) is 0 Å². The summed E-state index contributed by atoms with van der Waals surface area (Å²) in [7, 11) is 1.95. The van der Waals surface area contributed by atoms with Crippen LogP contribution in [0.3, 0.4) is 0 Å². The summed E-state index contributed by atoms with van der Waals surface area (Å²) in [4.78, 5) is 2.33. The quantitative estimate of drug-likeness (QED) is 0.0688. The van der Waals surface area contributed by atoms with Gasteiger partial charge in [-0.25, -0.2) is 0 Å². The van der Waals surface area contributed by atoms with E-state index in [1.807, 2.05) is 19.2 Å². The summed E-state index contributed by atoms with van der Waals surface area (Å²) in [6, 6.07) is 39.1. The number of benzene rings is 5. The molecule has 4 heteroatoms. The molecule has 0 atom stereocenters. The van der Waals surface area contributed by atoms with Gasteiger partial charge in [-0.1, -0.05) is 78.4 Å². The number of nitrogens with one attached hydrogen (secondary N) is 1. The third-order valence-corrected chi connectivity index (χ3v) is 7.92. The Morgan fingerprint density at radius 2 is 1.30 bits per heavy atom. The summed E-state index contributed by atoms with van der Waals surface area (Å²) in [6.07, 6.45) is 12.5. The third-order valence-electron chi connectivity index (χ3n) is 6.69. The molecule has 0 aliphatic carbocycles. The molecule has 1 N–H and O–H groups in total. The average molecular weight is 857 g/mol. The normalized spacial score (nSPS) is 12.1. The second-order valence-electron chi connectivity index (χ2n) is 9.34. The first kappa shape index (κ1) is 30.2. The molecule has 0 amide bonds. The fraction of sp³-hybridized carbons (Fsp3) is 0.0833. The van der Waals surface area contributed by atoms with E-state index in [0.29, 0.717) is 0 Å². The van der Waals surface area contributed by atoms with Gasteiger partial charge in [0.1, 0.15) is 0 Å². The molecule has 196 valence electrons. The first-order chi connectivity index (χ1) is 19.2. The Balaban J connectivity index is 0.00000370. The van der Waals surface area contributed by atoms with Crippen LogP contribution in [0.1, 0.15) is 18.9 Å². The second kappa shape index (κ2) is 14.7. The smallest absolute Gasteiger partial charge is 0.393 e. The van der Waals surface area contributed by atoms with Crippen LogP contribution >= 0.6 is 22.6 Å². The van der Waals surface area contributed by atoms with Crippen LogP contribution in [-0.2, 0) is 0 Å². The van der Waals surface area contributed by atoms with Crippen molar-refractivity contribution in [1.29, 1.82) is 0 Å². The number of hydrogen-bond acceptors (Lipinski definition) is 2. The Morgan fingerprint density at radius 3 is 1.82 bits per heavy atom. The van der Waals surface area contributed by atoms with E-state index in [2.05, 4.69) is 167 Å². The SMILES string of the molecule is C[CH-]CC(/C=[C-]/C=C/c1ccc(N(c2ccc3ccccc3c2)c2ccc3ccccc3c2)cc1)=C(\I)NC.[U+2]. The van der Waals surface area contributed by atoms with Gasteiger partial charge in [-0.05, 0) is 80.5 Å². The van der Waals surface area contributed by atoms with Gasteiger partial charge in [0, 0.05) is 27.8 Å². The fourth-order valence-electron chi connectivity index (χ4n) is 4.70. The van der Waals surface area contributed by atoms with Crippen molar-refractivity contribution in [3.05, 3.63) is 149 Å². The molecule has 5 aromatic rings. The molecule has 0 saturated carbocycles. The molecule has 40 heavy (non-hydrogen) atoms. The molecular formula is C36H31IN2U. The molecular weight excluding hydrogens is 825 g/mol. The fourth-order valence-corrected chi connectivity index (χ4v) is 5.07. The van der Waals surface area contributed by atoms with E-state index in [1.54, 1.807) is 0 Å². The van der Waals surface area contributed by atoms with Crippen molar-refractivity contribution < 1.29 is 31.1 Å². The Kier molecular flexibility index (Phi) is 11.1. The van der Waals surface area contributed by atoms with Gasteiger partial charge in [0.2, 0.25) is 0 Å². The zero-order chi connectivity index (χ0) is 27.0. The van der Waals surface area contributed by atoms with E-state index in [-0.39, 0.29) is 31.1 Å². The molecule has 0 unspecified atom stereocenters. The minimum atomic E-state index is 0. The van der Waals surface area contributed by atoms with E-state index >= 15 is 0 Å². The molecule has 0 aliphatic rings. The van der Waals surface area contributed by atoms with Gasteiger partial charge in [0.05, 0.1) is 0 Å². The minimum Gasteiger partial charge on any atom is -0.393 e. The maximum absolute atomic E-state index is 3.32. The third kappa shape index (κ3) is 7.29. The summed E-state index contributed by atoms with van der Waals surface area (Å²) in [6.45, 7) is 2.07. The van der Waals surface area contributed by atoms with Crippen LogP contribution in [0.2, 0.25) is 0 Å². The summed E-state index contributed by atoms with van der Waals surface area (Å²) in [5.74, 6) is 0. The van der Waals surface area contributed by atoms with Crippen LogP contribution in [0.4, 0.5) is 17.1 Å². The number of anilines is 3. The number of rotatable bonds is 9. The molecule has 0 radical (unpaired) electrons. The van der Waals surface area contributed by atoms with Crippen molar-refractivity contribution >= 4 is 67.3 Å². The van der Waals surface area contributed by atoms with Crippen molar-refractivity contribution in [1.82, 2.24) is 5.32 Å². The van der Waals surface area contributed by atoms with Crippen molar-refractivity contribution in [2.45, 2.75) is 13.3 Å². The standard InChI is InChI=1S/C36H31IN2.U/c1-3-10-30(36(37)38-2)14-5-4-11-27-17-21-33(22-18-27)39(34-23-19-28-12-6-8-15-31(28)25-34)35-24-20-29-13-7-9-16-32(29)26-35;/h3-4,6-9,11-26,38H,10H2,1-2H3;/q-2;+2/b11-4+,36-30-;. The van der Waals surface area contributed by atoms with Crippen molar-refractivity contribution in [2.24, 2.45) is 0 Å². The topological polar surface area (TPSA) is 15.3 Å². The molecule has 0 bridgehead atoms. The van der Waals surface area contributed by atoms with E-state index in [1.165, 1.54) is 27.1 Å². The van der Waals surface area contributed by atoms with Crippen LogP contribution < -0.4 is 10.2 Å². The monoisotopic (exact) mass is 856 g/mol. The Bertz CT molecular complexity index is 1590. The van der Waals surface area contributed by atoms with Gasteiger partial charge >= 0.3 is 31.1 Å². The maximum atomic E-state index is 3.32. The van der Waals surface area contributed by atoms with E-state index in [0.717, 1.165) is 32.8 Å². The summed E-state index contributed by atoms with van der Waals surface area (Å²) in [5.41, 5.74) is 5.74. The molecule has 2 nitrogen and oxygen atoms in total. The Hall–Kier alpha value is -2.78. The van der Waals surface area contributed by atoms with Gasteiger partial charge in [0.15, 0.2) is 0 Å². The van der Waals surface area contributed by atoms with Crippen LogP contribution in [0.5, 0.6) is 0 Å². The molecule has 0 aliphatic heterocycles. The van der Waals surface area contributed by atoms with Gasteiger partial charge in [-0.15, -0.1) is 5.57 Å². The number of nitrogens with zero attached hydrogens (tertiary/aromatic N) is 1. The summed E-state index contributed by atoms with van der Waals surface area (Å²) >= 11 is 2.33. The second-order valence-corrected chi connectivity index (χ2v) is 10.4. The molecule has 0 saturated heterocycles. The average Bonchev–Trinajstić information content (AvgIpc) is 2.99. The van der Waals surface area contributed by atoms with Gasteiger partial charge in [0.25, 0.3) is 0 Å². The summed E-state index contributed by atoms with van der Waals surface area (Å²) in [5, 5.41) is 8.15. The van der Waals surface area contributed by atoms with Gasteiger partial charge < -0.3 is 16.6 Å². The largest absolute Gasteiger partial charge is 2.00 e. The molecule has 0 heterocycles. The number of allylic oxidation sites excluding steroid dienone is 4. The zero-order valence-corrected chi connectivity index (χ0v) is 29.1. The Labute approximate surface area is 275 Å². The van der Waals surface area contributed by atoms with Crippen molar-refractivity contribution in [3.63, 3.8) is 0 Å². The molecule has 5 rings (SSSR count). The Morgan fingerprint density at radius 1 is 0.775 bits per heavy atom. The van der Waals surface area contributed by atoms with E-state index in [9.17, 15) is 0 Å². The molecule has 0 spiro atoms. The van der Waals surface area contributed by atoms with Gasteiger partial charge in [-0.2, -0.15) is 37.6 Å². The number of fused-ring (bicyclic) bond motifs is 2. The van der Waals surface area contributed by atoms with E-state index in [4.69, 9.17) is 0 Å². The molecule has 5 aromatic carbocycles. The number of halogens is 1. The van der Waals surface area contributed by atoms with Crippen LogP contribution in [0.15, 0.2) is 131 Å². The maximum Gasteiger partial charge on any atom is 2.00 e. The summed E-state index contributed by atoms with van der Waals surface area (Å²) < 4.78 is 1.14. The molecule has 0 fully saturated rings. The number of hydrogen-bond donors (Lipinski definition) is 1. The van der Waals surface area contributed by atoms with Crippen LogP contribution in [0, 0.1) is 43.6 Å². The predicted octanol–water partition coefficient (Wildman–Crippen LogP) is 10.3. The van der Waals surface area contributed by atoms with Crippen molar-refractivity contribution in [2.75, 3.05) is 11.9 Å². The van der Waals surface area contributed by atoms with Crippen molar-refractivity contribution in [3.8, 4) is 0 Å².